The van der Waals surface area contributed by atoms with Gasteiger partial charge in [0.25, 0.3) is 0 Å². The molecule has 0 amide bonds. The van der Waals surface area contributed by atoms with E-state index in [4.69, 9.17) is 4.98 Å². The predicted molar refractivity (Wildman–Crippen MR) is 90.7 cm³/mol. The summed E-state index contributed by atoms with van der Waals surface area (Å²) in [6.07, 6.45) is 0. The van der Waals surface area contributed by atoms with Crippen molar-refractivity contribution in [3.05, 3.63) is 38.6 Å². The van der Waals surface area contributed by atoms with Gasteiger partial charge < -0.3 is 0 Å². The summed E-state index contributed by atoms with van der Waals surface area (Å²) in [6, 6.07) is 8.94. The summed E-state index contributed by atoms with van der Waals surface area (Å²) in [5, 5.41) is 1.28. The van der Waals surface area contributed by atoms with Gasteiger partial charge in [0.15, 0.2) is 0 Å². The van der Waals surface area contributed by atoms with Crippen molar-refractivity contribution in [3.8, 4) is 11.3 Å². The monoisotopic (exact) mass is 363 g/mol. The van der Waals surface area contributed by atoms with E-state index in [1.165, 1.54) is 41.6 Å². The van der Waals surface area contributed by atoms with Crippen molar-refractivity contribution in [2.24, 2.45) is 0 Å². The highest BCUT2D eigenvalue weighted by molar-refractivity contribution is 9.10. The van der Waals surface area contributed by atoms with E-state index in [1.807, 2.05) is 11.3 Å². The number of hydrogen-bond donors (Lipinski definition) is 0. The molecule has 21 heavy (non-hydrogen) atoms. The average Bonchev–Trinajstić information content (AvgIpc) is 2.90. The van der Waals surface area contributed by atoms with Crippen molar-refractivity contribution in [3.63, 3.8) is 0 Å². The quantitative estimate of drug-likeness (QED) is 0.813. The number of aryl methyl sites for hydroxylation is 1. The molecule has 1 unspecified atom stereocenters. The molecule has 1 aromatic carbocycles. The van der Waals surface area contributed by atoms with Gasteiger partial charge in [0, 0.05) is 47.6 Å². The van der Waals surface area contributed by atoms with Gasteiger partial charge in [-0.25, -0.2) is 4.98 Å². The lowest BCUT2D eigenvalue weighted by atomic mass is 10.1. The molecule has 0 aliphatic carbocycles. The van der Waals surface area contributed by atoms with Crippen molar-refractivity contribution >= 4 is 27.3 Å². The Bertz CT molecular complexity index is 661. The van der Waals surface area contributed by atoms with Crippen LogP contribution in [0.2, 0.25) is 0 Å². The maximum absolute atomic E-state index is 4.99. The largest absolute Gasteiger partial charge is 0.299 e. The van der Waals surface area contributed by atoms with Crippen LogP contribution in [0.3, 0.4) is 0 Å². The van der Waals surface area contributed by atoms with E-state index < -0.39 is 0 Å². The maximum atomic E-state index is 4.99. The van der Waals surface area contributed by atoms with Crippen LogP contribution in [0.25, 0.3) is 11.3 Å². The van der Waals surface area contributed by atoms with E-state index >= 15 is 0 Å². The van der Waals surface area contributed by atoms with Crippen LogP contribution in [-0.4, -0.2) is 47.5 Å². The van der Waals surface area contributed by atoms with Crippen molar-refractivity contribution in [1.29, 1.82) is 0 Å². The second-order valence-electron chi connectivity index (χ2n) is 5.82. The molecule has 1 aromatic heterocycles. The normalized spacial score (nSPS) is 28.0. The molecule has 0 saturated carbocycles. The Morgan fingerprint density at radius 2 is 2.05 bits per heavy atom. The number of nitrogens with zero attached hydrogens (tertiary/aromatic N) is 3. The molecule has 4 heterocycles. The van der Waals surface area contributed by atoms with Gasteiger partial charge in [0.1, 0.15) is 5.01 Å². The first-order chi connectivity index (χ1) is 10.2. The lowest BCUT2D eigenvalue weighted by molar-refractivity contribution is 0.0123. The van der Waals surface area contributed by atoms with E-state index in [1.54, 1.807) is 0 Å². The summed E-state index contributed by atoms with van der Waals surface area (Å²) in [7, 11) is 0. The molecular weight excluding hydrogens is 346 g/mol. The third-order valence-electron chi connectivity index (χ3n) is 4.48. The number of fused-ring (bicyclic) bond motifs is 3. The molecule has 0 radical (unpaired) electrons. The minimum absolute atomic E-state index is 0.497. The van der Waals surface area contributed by atoms with Crippen LogP contribution in [0.5, 0.6) is 0 Å². The molecule has 0 N–H and O–H groups in total. The molecule has 2 bridgehead atoms. The van der Waals surface area contributed by atoms with Gasteiger partial charge in [-0.3, -0.25) is 9.80 Å². The van der Waals surface area contributed by atoms with Crippen LogP contribution >= 0.6 is 27.3 Å². The Labute approximate surface area is 137 Å². The SMILES string of the molecule is Cc1sc(C2CN3CCN2CC3)nc1-c1cccc(Br)c1. The van der Waals surface area contributed by atoms with Crippen LogP contribution in [0.4, 0.5) is 0 Å². The van der Waals surface area contributed by atoms with E-state index in [9.17, 15) is 0 Å². The van der Waals surface area contributed by atoms with Crippen LogP contribution in [-0.2, 0) is 0 Å². The molecule has 3 aliphatic rings. The first-order valence-corrected chi connectivity index (χ1v) is 9.01. The predicted octanol–water partition coefficient (Wildman–Crippen LogP) is 3.55. The molecule has 0 spiro atoms. The number of thiazole rings is 1. The van der Waals surface area contributed by atoms with Crippen LogP contribution in [0.15, 0.2) is 28.7 Å². The van der Waals surface area contributed by atoms with Gasteiger partial charge >= 0.3 is 0 Å². The Morgan fingerprint density at radius 1 is 1.24 bits per heavy atom. The van der Waals surface area contributed by atoms with Gasteiger partial charge in [-0.1, -0.05) is 28.1 Å². The summed E-state index contributed by atoms with van der Waals surface area (Å²) >= 11 is 5.42. The summed E-state index contributed by atoms with van der Waals surface area (Å²) in [4.78, 5) is 11.5. The highest BCUT2D eigenvalue weighted by Crippen LogP contribution is 2.36. The summed E-state index contributed by atoms with van der Waals surface area (Å²) in [5.41, 5.74) is 2.36. The van der Waals surface area contributed by atoms with E-state index in [-0.39, 0.29) is 0 Å². The van der Waals surface area contributed by atoms with Crippen molar-refractivity contribution < 1.29 is 0 Å². The number of piperazine rings is 3. The number of halogens is 1. The van der Waals surface area contributed by atoms with Gasteiger partial charge in [-0.15, -0.1) is 11.3 Å². The fourth-order valence-electron chi connectivity index (χ4n) is 3.31. The molecule has 2 aromatic rings. The highest BCUT2D eigenvalue weighted by Gasteiger charge is 2.34. The Balaban J connectivity index is 1.68. The Hall–Kier alpha value is -0.750. The van der Waals surface area contributed by atoms with Crippen molar-refractivity contribution in [2.75, 3.05) is 32.7 Å². The number of rotatable bonds is 2. The Kier molecular flexibility index (Phi) is 3.61. The van der Waals surface area contributed by atoms with Gasteiger partial charge in [0.2, 0.25) is 0 Å². The smallest absolute Gasteiger partial charge is 0.112 e. The summed E-state index contributed by atoms with van der Waals surface area (Å²) in [5.74, 6) is 0. The van der Waals surface area contributed by atoms with Crippen LogP contribution in [0, 0.1) is 6.92 Å². The summed E-state index contributed by atoms with van der Waals surface area (Å²) < 4.78 is 1.11. The number of hydrogen-bond acceptors (Lipinski definition) is 4. The van der Waals surface area contributed by atoms with Crippen LogP contribution < -0.4 is 0 Å². The van der Waals surface area contributed by atoms with E-state index in [0.717, 1.165) is 16.7 Å². The fourth-order valence-corrected chi connectivity index (χ4v) is 4.78. The second-order valence-corrected chi connectivity index (χ2v) is 7.97. The van der Waals surface area contributed by atoms with Gasteiger partial charge in [0.05, 0.1) is 11.7 Å². The standard InChI is InChI=1S/C16H18BrN3S/c1-11-15(12-3-2-4-13(17)9-12)18-16(21-11)14-10-19-5-7-20(14)8-6-19/h2-4,9,14H,5-8,10H2,1H3. The molecule has 3 nitrogen and oxygen atoms in total. The zero-order valence-electron chi connectivity index (χ0n) is 12.1. The third-order valence-corrected chi connectivity index (χ3v) is 6.04. The Morgan fingerprint density at radius 3 is 2.71 bits per heavy atom. The summed E-state index contributed by atoms with van der Waals surface area (Å²) in [6.45, 7) is 8.16. The second kappa shape index (κ2) is 5.47. The minimum atomic E-state index is 0.497. The molecule has 3 fully saturated rings. The number of benzene rings is 1. The van der Waals surface area contributed by atoms with Crippen LogP contribution in [0.1, 0.15) is 15.9 Å². The molecule has 5 heteroatoms. The van der Waals surface area contributed by atoms with E-state index in [0.29, 0.717) is 6.04 Å². The minimum Gasteiger partial charge on any atom is -0.299 e. The first-order valence-electron chi connectivity index (χ1n) is 7.40. The molecular formula is C16H18BrN3S. The van der Waals surface area contributed by atoms with Gasteiger partial charge in [-0.2, -0.15) is 0 Å². The van der Waals surface area contributed by atoms with Crippen molar-refractivity contribution in [2.45, 2.75) is 13.0 Å². The molecule has 1 atom stereocenters. The zero-order valence-corrected chi connectivity index (χ0v) is 14.5. The van der Waals surface area contributed by atoms with Crippen molar-refractivity contribution in [1.82, 2.24) is 14.8 Å². The highest BCUT2D eigenvalue weighted by atomic mass is 79.9. The molecule has 5 rings (SSSR count). The maximum Gasteiger partial charge on any atom is 0.112 e. The zero-order chi connectivity index (χ0) is 14.4. The molecule has 110 valence electrons. The fraction of sp³-hybridized carbons (Fsp3) is 0.438. The lowest BCUT2D eigenvalue weighted by Crippen LogP contribution is -2.56. The molecule has 3 saturated heterocycles. The average molecular weight is 364 g/mol. The lowest BCUT2D eigenvalue weighted by Gasteiger charge is -2.46. The van der Waals surface area contributed by atoms with Gasteiger partial charge in [-0.05, 0) is 19.1 Å². The topological polar surface area (TPSA) is 19.4 Å². The van der Waals surface area contributed by atoms with E-state index in [2.05, 4.69) is 56.9 Å². The first kappa shape index (κ1) is 13.9. The molecule has 3 aliphatic heterocycles. The number of aromatic nitrogens is 1. The third kappa shape index (κ3) is 2.57.